The van der Waals surface area contributed by atoms with Gasteiger partial charge in [-0.15, -0.1) is 0 Å². The van der Waals surface area contributed by atoms with Crippen LogP contribution in [0.5, 0.6) is 0 Å². The van der Waals surface area contributed by atoms with Crippen LogP contribution in [-0.4, -0.2) is 47.0 Å². The smallest absolute Gasteiger partial charge is 0.251 e. The summed E-state index contributed by atoms with van der Waals surface area (Å²) < 4.78 is 0. The van der Waals surface area contributed by atoms with Crippen molar-refractivity contribution >= 4 is 17.7 Å². The number of carbonyl (C=O) groups excluding carboxylic acids is 1. The molecule has 2 heterocycles. The molecule has 0 bridgehead atoms. The molecule has 1 amide bonds. The van der Waals surface area contributed by atoms with Crippen molar-refractivity contribution in [2.45, 2.75) is 25.8 Å². The molecule has 2 N–H and O–H groups in total. The number of fused-ring (bicyclic) bond motifs is 1. The van der Waals surface area contributed by atoms with Crippen molar-refractivity contribution in [3.8, 4) is 11.1 Å². The lowest BCUT2D eigenvalue weighted by Gasteiger charge is -2.34. The van der Waals surface area contributed by atoms with E-state index in [-0.39, 0.29) is 11.9 Å². The van der Waals surface area contributed by atoms with Crippen LogP contribution in [0.3, 0.4) is 0 Å². The van der Waals surface area contributed by atoms with Gasteiger partial charge in [0.15, 0.2) is 0 Å². The Bertz CT molecular complexity index is 1470. The second-order valence-corrected chi connectivity index (χ2v) is 10.3. The average Bonchev–Trinajstić information content (AvgIpc) is 2.99. The predicted molar refractivity (Wildman–Crippen MR) is 156 cm³/mol. The van der Waals surface area contributed by atoms with Gasteiger partial charge in [-0.3, -0.25) is 9.69 Å². The molecule has 2 aliphatic rings. The molecule has 4 aromatic rings. The molecule has 6 heteroatoms. The maximum absolute atomic E-state index is 13.2. The zero-order valence-corrected chi connectivity index (χ0v) is 22.2. The highest BCUT2D eigenvalue weighted by Gasteiger charge is 2.26. The number of rotatable bonds is 6. The first-order valence-corrected chi connectivity index (χ1v) is 13.7. The number of hydrogen-bond donors (Lipinski definition) is 2. The minimum absolute atomic E-state index is 0.0154. The summed E-state index contributed by atoms with van der Waals surface area (Å²) in [5.41, 5.74) is 8.74. The van der Waals surface area contributed by atoms with E-state index in [0.717, 1.165) is 67.2 Å². The molecule has 0 spiro atoms. The van der Waals surface area contributed by atoms with Crippen LogP contribution >= 0.6 is 0 Å². The summed E-state index contributed by atoms with van der Waals surface area (Å²) in [5.74, 6) is 0.756. The van der Waals surface area contributed by atoms with Crippen molar-refractivity contribution in [3.63, 3.8) is 0 Å². The fourth-order valence-corrected chi connectivity index (χ4v) is 5.47. The topological polar surface area (TPSA) is 70.2 Å². The zero-order chi connectivity index (χ0) is 26.6. The first-order valence-electron chi connectivity index (χ1n) is 13.7. The lowest BCUT2D eigenvalue weighted by molar-refractivity contribution is -0.112. The maximum Gasteiger partial charge on any atom is 0.251 e. The molecule has 1 aliphatic heterocycles. The van der Waals surface area contributed by atoms with Gasteiger partial charge in [-0.2, -0.15) is 0 Å². The van der Waals surface area contributed by atoms with E-state index in [1.807, 2.05) is 24.3 Å². The SMILES string of the molecule is Cc1ccc(-c2ccc3c(c2)C=C(C(=O)Nc2ccc(C(c4ncccn4)N4CCNCC4)cc2)CC3)cc1. The predicted octanol–water partition coefficient (Wildman–Crippen LogP) is 5.41. The highest BCUT2D eigenvalue weighted by atomic mass is 16.1. The van der Waals surface area contributed by atoms with E-state index in [9.17, 15) is 4.79 Å². The third-order valence-electron chi connectivity index (χ3n) is 7.65. The van der Waals surface area contributed by atoms with E-state index in [1.165, 1.54) is 22.3 Å². The molecule has 1 saturated heterocycles. The first-order chi connectivity index (χ1) is 19.1. The number of aryl methyl sites for hydroxylation is 2. The van der Waals surface area contributed by atoms with Crippen molar-refractivity contribution in [1.82, 2.24) is 20.2 Å². The molecule has 3 aromatic carbocycles. The Morgan fingerprint density at radius 3 is 2.36 bits per heavy atom. The van der Waals surface area contributed by atoms with Crippen LogP contribution in [-0.2, 0) is 11.2 Å². The highest BCUT2D eigenvalue weighted by Crippen LogP contribution is 2.31. The summed E-state index contributed by atoms with van der Waals surface area (Å²) in [6.45, 7) is 5.86. The van der Waals surface area contributed by atoms with Crippen molar-refractivity contribution in [2.75, 3.05) is 31.5 Å². The number of nitrogens with one attached hydrogen (secondary N) is 2. The van der Waals surface area contributed by atoms with Crippen molar-refractivity contribution < 1.29 is 4.79 Å². The normalized spacial score (nSPS) is 16.2. The molecule has 0 radical (unpaired) electrons. The van der Waals surface area contributed by atoms with Crippen molar-refractivity contribution in [2.24, 2.45) is 0 Å². The molecule has 1 fully saturated rings. The lowest BCUT2D eigenvalue weighted by atomic mass is 9.89. The molecule has 1 atom stereocenters. The molecule has 196 valence electrons. The Morgan fingerprint density at radius 2 is 1.62 bits per heavy atom. The van der Waals surface area contributed by atoms with Gasteiger partial charge in [-0.1, -0.05) is 54.1 Å². The number of amides is 1. The average molecular weight is 516 g/mol. The van der Waals surface area contributed by atoms with Gasteiger partial charge in [-0.25, -0.2) is 9.97 Å². The Kier molecular flexibility index (Phi) is 7.30. The van der Waals surface area contributed by atoms with Gasteiger partial charge in [0.1, 0.15) is 5.82 Å². The largest absolute Gasteiger partial charge is 0.322 e. The van der Waals surface area contributed by atoms with Crippen LogP contribution < -0.4 is 10.6 Å². The first kappa shape index (κ1) is 25.2. The summed E-state index contributed by atoms with van der Waals surface area (Å²) in [6, 6.07) is 25.1. The fourth-order valence-electron chi connectivity index (χ4n) is 5.47. The van der Waals surface area contributed by atoms with E-state index in [4.69, 9.17) is 0 Å². The Hall–Kier alpha value is -4.13. The molecule has 1 unspecified atom stereocenters. The van der Waals surface area contributed by atoms with Crippen LogP contribution in [0.4, 0.5) is 5.69 Å². The zero-order valence-electron chi connectivity index (χ0n) is 22.2. The van der Waals surface area contributed by atoms with Gasteiger partial charge in [0, 0.05) is 49.8 Å². The number of carbonyl (C=O) groups is 1. The number of piperazine rings is 1. The van der Waals surface area contributed by atoms with E-state index in [0.29, 0.717) is 0 Å². The Labute approximate surface area is 229 Å². The van der Waals surface area contributed by atoms with E-state index in [1.54, 1.807) is 12.4 Å². The number of hydrogen-bond acceptors (Lipinski definition) is 5. The summed E-state index contributed by atoms with van der Waals surface area (Å²) in [5, 5.41) is 6.54. The maximum atomic E-state index is 13.2. The van der Waals surface area contributed by atoms with Crippen LogP contribution in [0.25, 0.3) is 17.2 Å². The number of benzene rings is 3. The van der Waals surface area contributed by atoms with E-state index >= 15 is 0 Å². The summed E-state index contributed by atoms with van der Waals surface area (Å²) >= 11 is 0. The second kappa shape index (κ2) is 11.3. The van der Waals surface area contributed by atoms with E-state index < -0.39 is 0 Å². The van der Waals surface area contributed by atoms with Crippen LogP contribution in [0.1, 0.15) is 40.5 Å². The molecule has 6 nitrogen and oxygen atoms in total. The summed E-state index contributed by atoms with van der Waals surface area (Å²) in [6.07, 6.45) is 7.24. The molecule has 0 saturated carbocycles. The van der Waals surface area contributed by atoms with Crippen LogP contribution in [0.2, 0.25) is 0 Å². The third-order valence-corrected chi connectivity index (χ3v) is 7.65. The third kappa shape index (κ3) is 5.67. The van der Waals surface area contributed by atoms with Gasteiger partial charge in [-0.05, 0) is 77.9 Å². The number of aromatic nitrogens is 2. The number of nitrogens with zero attached hydrogens (tertiary/aromatic N) is 3. The minimum atomic E-state index is -0.0424. The van der Waals surface area contributed by atoms with Gasteiger partial charge in [0.25, 0.3) is 5.91 Å². The quantitative estimate of drug-likeness (QED) is 0.359. The highest BCUT2D eigenvalue weighted by molar-refractivity contribution is 6.07. The van der Waals surface area contributed by atoms with Crippen LogP contribution in [0, 0.1) is 6.92 Å². The van der Waals surface area contributed by atoms with Gasteiger partial charge in [0.05, 0.1) is 6.04 Å². The van der Waals surface area contributed by atoms with Crippen molar-refractivity contribution in [1.29, 1.82) is 0 Å². The van der Waals surface area contributed by atoms with Crippen LogP contribution in [0.15, 0.2) is 90.8 Å². The molecular formula is C33H33N5O. The van der Waals surface area contributed by atoms with Gasteiger partial charge in [0.2, 0.25) is 0 Å². The molecule has 1 aliphatic carbocycles. The molecule has 6 rings (SSSR count). The summed E-state index contributed by atoms with van der Waals surface area (Å²) in [4.78, 5) is 24.8. The monoisotopic (exact) mass is 515 g/mol. The second-order valence-electron chi connectivity index (χ2n) is 10.3. The Balaban J connectivity index is 1.19. The molecule has 1 aromatic heterocycles. The number of anilines is 1. The minimum Gasteiger partial charge on any atom is -0.322 e. The van der Waals surface area contributed by atoms with Gasteiger partial charge >= 0.3 is 0 Å². The van der Waals surface area contributed by atoms with Crippen molar-refractivity contribution in [3.05, 3.63) is 119 Å². The van der Waals surface area contributed by atoms with E-state index in [2.05, 4.69) is 87.0 Å². The lowest BCUT2D eigenvalue weighted by Crippen LogP contribution is -2.45. The fraction of sp³-hybridized carbons (Fsp3) is 0.242. The Morgan fingerprint density at radius 1 is 0.897 bits per heavy atom. The molecule has 39 heavy (non-hydrogen) atoms. The molecular weight excluding hydrogens is 482 g/mol. The standard InChI is InChI=1S/C33H33N5O/c1-23-3-5-24(6-4-23)27-9-7-25-8-10-28(22-29(25)21-27)33(39)37-30-13-11-26(12-14-30)31(32-35-15-2-16-36-32)38-19-17-34-18-20-38/h2-7,9,11-16,21-22,31,34H,8,10,17-20H2,1H3,(H,37,39). The van der Waals surface area contributed by atoms with Gasteiger partial charge < -0.3 is 10.6 Å². The summed E-state index contributed by atoms with van der Waals surface area (Å²) in [7, 11) is 0.